The summed E-state index contributed by atoms with van der Waals surface area (Å²) in [6.45, 7) is 1.20. The van der Waals surface area contributed by atoms with Crippen LogP contribution in [0.25, 0.3) is 0 Å². The topological polar surface area (TPSA) is 112 Å². The summed E-state index contributed by atoms with van der Waals surface area (Å²) in [6.07, 6.45) is 0. The van der Waals surface area contributed by atoms with Gasteiger partial charge >= 0.3 is 11.9 Å². The van der Waals surface area contributed by atoms with Crippen LogP contribution in [0.4, 0.5) is 11.6 Å². The maximum Gasteiger partial charge on any atom is 0.433 e. The van der Waals surface area contributed by atoms with E-state index in [0.717, 1.165) is 17.7 Å². The number of furan rings is 1. The summed E-state index contributed by atoms with van der Waals surface area (Å²) in [5.74, 6) is -2.48. The van der Waals surface area contributed by atoms with Crippen molar-refractivity contribution in [2.75, 3.05) is 11.9 Å². The quantitative estimate of drug-likeness (QED) is 0.509. The van der Waals surface area contributed by atoms with Crippen molar-refractivity contribution in [3.8, 4) is 0 Å². The van der Waals surface area contributed by atoms with Crippen LogP contribution < -0.4 is 5.32 Å². The molecule has 0 aliphatic carbocycles. The van der Waals surface area contributed by atoms with E-state index >= 15 is 0 Å². The number of carbonyl (C=O) groups excluding carboxylic acids is 2. The number of halogens is 1. The third kappa shape index (κ3) is 4.30. The van der Waals surface area contributed by atoms with Gasteiger partial charge in [0.25, 0.3) is 5.91 Å². The summed E-state index contributed by atoms with van der Waals surface area (Å²) in [5, 5.41) is 13.5. The Kier molecular flexibility index (Phi) is 4.97. The van der Waals surface area contributed by atoms with E-state index < -0.39 is 29.3 Å². The molecule has 1 N–H and O–H groups in total. The fourth-order valence-corrected chi connectivity index (χ4v) is 1.92. The molecular weight excluding hydrogens is 328 g/mol. The van der Waals surface area contributed by atoms with Gasteiger partial charge in [0.2, 0.25) is 5.76 Å². The Labute approximate surface area is 135 Å². The summed E-state index contributed by atoms with van der Waals surface area (Å²) in [4.78, 5) is 33.0. The molecule has 0 fully saturated rings. The molecule has 120 valence electrons. The molecule has 0 atom stereocenters. The number of esters is 1. The Morgan fingerprint density at radius 3 is 2.70 bits per heavy atom. The minimum Gasteiger partial charge on any atom is -0.450 e. The van der Waals surface area contributed by atoms with E-state index in [-0.39, 0.29) is 5.76 Å². The van der Waals surface area contributed by atoms with Gasteiger partial charge in [-0.15, -0.1) is 0 Å². The minimum absolute atomic E-state index is 0.354. The smallest absolute Gasteiger partial charge is 0.433 e. The van der Waals surface area contributed by atoms with Gasteiger partial charge < -0.3 is 14.5 Å². The Morgan fingerprint density at radius 1 is 1.35 bits per heavy atom. The van der Waals surface area contributed by atoms with E-state index in [4.69, 9.17) is 16.3 Å². The number of nitro groups is 1. The minimum atomic E-state index is -0.971. The van der Waals surface area contributed by atoms with Crippen molar-refractivity contribution in [2.45, 2.75) is 6.92 Å². The number of aryl methyl sites for hydroxylation is 1. The summed E-state index contributed by atoms with van der Waals surface area (Å²) in [5.41, 5.74) is 1.28. The zero-order valence-electron chi connectivity index (χ0n) is 11.9. The molecule has 9 heteroatoms. The van der Waals surface area contributed by atoms with Crippen LogP contribution in [-0.4, -0.2) is 23.4 Å². The highest BCUT2D eigenvalue weighted by Crippen LogP contribution is 2.19. The number of ether oxygens (including phenoxy) is 1. The summed E-state index contributed by atoms with van der Waals surface area (Å²) in [6, 6.07) is 7.02. The molecule has 0 unspecified atom stereocenters. The number of nitrogens with zero attached hydrogens (tertiary/aromatic N) is 1. The lowest BCUT2D eigenvalue weighted by Crippen LogP contribution is -2.21. The lowest BCUT2D eigenvalue weighted by atomic mass is 10.2. The molecule has 1 aromatic carbocycles. The van der Waals surface area contributed by atoms with Crippen molar-refractivity contribution in [3.05, 3.63) is 56.8 Å². The molecule has 0 saturated heterocycles. The standard InChI is InChI=1S/C14H11ClN2O6/c1-8-6-9(15)2-3-10(8)16-12(18)7-22-14(19)11-4-5-13(23-11)17(20)21/h2-6H,7H2,1H3,(H,16,18). The summed E-state index contributed by atoms with van der Waals surface area (Å²) in [7, 11) is 0. The lowest BCUT2D eigenvalue weighted by molar-refractivity contribution is -0.402. The van der Waals surface area contributed by atoms with Crippen LogP contribution in [0.2, 0.25) is 5.02 Å². The van der Waals surface area contributed by atoms with Crippen LogP contribution in [0.3, 0.4) is 0 Å². The maximum absolute atomic E-state index is 11.7. The van der Waals surface area contributed by atoms with Crippen molar-refractivity contribution in [1.29, 1.82) is 0 Å². The van der Waals surface area contributed by atoms with Crippen LogP contribution in [-0.2, 0) is 9.53 Å². The molecular formula is C14H11ClN2O6. The average molecular weight is 339 g/mol. The second kappa shape index (κ2) is 6.93. The maximum atomic E-state index is 11.7. The highest BCUT2D eigenvalue weighted by molar-refractivity contribution is 6.30. The highest BCUT2D eigenvalue weighted by atomic mass is 35.5. The van der Waals surface area contributed by atoms with Crippen LogP contribution in [0.15, 0.2) is 34.7 Å². The highest BCUT2D eigenvalue weighted by Gasteiger charge is 2.19. The SMILES string of the molecule is Cc1cc(Cl)ccc1NC(=O)COC(=O)c1ccc([N+](=O)[O-])o1. The molecule has 0 bridgehead atoms. The van der Waals surface area contributed by atoms with Gasteiger partial charge in [0.1, 0.15) is 4.92 Å². The number of hydrogen-bond acceptors (Lipinski definition) is 6. The molecule has 1 aromatic heterocycles. The molecule has 0 radical (unpaired) electrons. The molecule has 2 rings (SSSR count). The molecule has 0 saturated carbocycles. The van der Waals surface area contributed by atoms with Crippen molar-refractivity contribution < 1.29 is 23.7 Å². The number of benzene rings is 1. The predicted molar refractivity (Wildman–Crippen MR) is 80.5 cm³/mol. The van der Waals surface area contributed by atoms with Gasteiger partial charge in [0.15, 0.2) is 6.61 Å². The van der Waals surface area contributed by atoms with E-state index in [9.17, 15) is 19.7 Å². The van der Waals surface area contributed by atoms with Crippen LogP contribution in [0, 0.1) is 17.0 Å². The third-order valence-electron chi connectivity index (χ3n) is 2.77. The number of anilines is 1. The van der Waals surface area contributed by atoms with E-state index in [1.807, 2.05) is 0 Å². The molecule has 0 aliphatic rings. The zero-order valence-corrected chi connectivity index (χ0v) is 12.6. The van der Waals surface area contributed by atoms with E-state index in [1.54, 1.807) is 25.1 Å². The number of nitrogens with one attached hydrogen (secondary N) is 1. The second-order valence-electron chi connectivity index (χ2n) is 4.48. The molecule has 1 heterocycles. The first-order valence-electron chi connectivity index (χ1n) is 6.34. The predicted octanol–water partition coefficient (Wildman–Crippen LogP) is 2.95. The van der Waals surface area contributed by atoms with Gasteiger partial charge in [-0.2, -0.15) is 0 Å². The van der Waals surface area contributed by atoms with Crippen molar-refractivity contribution in [3.63, 3.8) is 0 Å². The van der Waals surface area contributed by atoms with Crippen molar-refractivity contribution >= 4 is 35.0 Å². The van der Waals surface area contributed by atoms with Crippen LogP contribution in [0.1, 0.15) is 16.1 Å². The third-order valence-corrected chi connectivity index (χ3v) is 3.00. The normalized spacial score (nSPS) is 10.2. The lowest BCUT2D eigenvalue weighted by Gasteiger charge is -2.08. The van der Waals surface area contributed by atoms with E-state index in [2.05, 4.69) is 9.73 Å². The number of rotatable bonds is 5. The first-order valence-corrected chi connectivity index (χ1v) is 6.72. The first-order chi connectivity index (χ1) is 10.9. The molecule has 8 nitrogen and oxygen atoms in total. The monoisotopic (exact) mass is 338 g/mol. The van der Waals surface area contributed by atoms with Crippen LogP contribution in [0.5, 0.6) is 0 Å². The van der Waals surface area contributed by atoms with Gasteiger partial charge in [-0.3, -0.25) is 14.9 Å². The van der Waals surface area contributed by atoms with Crippen molar-refractivity contribution in [2.24, 2.45) is 0 Å². The second-order valence-corrected chi connectivity index (χ2v) is 4.91. The zero-order chi connectivity index (χ0) is 17.0. The Hall–Kier alpha value is -2.87. The molecule has 2 aromatic rings. The Balaban J connectivity index is 1.90. The molecule has 0 aliphatic heterocycles. The fourth-order valence-electron chi connectivity index (χ4n) is 1.69. The first kappa shape index (κ1) is 16.5. The van der Waals surface area contributed by atoms with E-state index in [0.29, 0.717) is 10.7 Å². The molecule has 23 heavy (non-hydrogen) atoms. The Morgan fingerprint density at radius 2 is 2.09 bits per heavy atom. The largest absolute Gasteiger partial charge is 0.450 e. The number of carbonyl (C=O) groups is 2. The Bertz CT molecular complexity index is 770. The average Bonchev–Trinajstić information content (AvgIpc) is 2.98. The number of hydrogen-bond donors (Lipinski definition) is 1. The van der Waals surface area contributed by atoms with Gasteiger partial charge in [-0.05, 0) is 36.8 Å². The van der Waals surface area contributed by atoms with E-state index in [1.165, 1.54) is 0 Å². The molecule has 1 amide bonds. The summed E-state index contributed by atoms with van der Waals surface area (Å²) < 4.78 is 9.40. The van der Waals surface area contributed by atoms with Gasteiger partial charge in [-0.1, -0.05) is 11.6 Å². The van der Waals surface area contributed by atoms with Crippen LogP contribution >= 0.6 is 11.6 Å². The van der Waals surface area contributed by atoms with Crippen molar-refractivity contribution in [1.82, 2.24) is 0 Å². The van der Waals surface area contributed by atoms with Gasteiger partial charge in [-0.25, -0.2) is 4.79 Å². The molecule has 0 spiro atoms. The van der Waals surface area contributed by atoms with Gasteiger partial charge in [0, 0.05) is 10.7 Å². The fraction of sp³-hybridized carbons (Fsp3) is 0.143. The summed E-state index contributed by atoms with van der Waals surface area (Å²) >= 11 is 5.81. The van der Waals surface area contributed by atoms with Gasteiger partial charge in [0.05, 0.1) is 6.07 Å². The number of amides is 1.